The third-order valence-corrected chi connectivity index (χ3v) is 2.17. The number of nitrogens with zero attached hydrogens (tertiary/aromatic N) is 2. The summed E-state index contributed by atoms with van der Waals surface area (Å²) in [5, 5.41) is 1.70. The van der Waals surface area contributed by atoms with Crippen molar-refractivity contribution >= 4 is 22.5 Å². The number of hydrogen-bond acceptors (Lipinski definition) is 1. The number of aromatic nitrogens is 2. The summed E-state index contributed by atoms with van der Waals surface area (Å²) in [6, 6.07) is 3.93. The molecule has 0 saturated heterocycles. The largest absolute Gasteiger partial charge is 0.347 e. The maximum Gasteiger partial charge on any atom is 0.129 e. The molecule has 0 radical (unpaired) electrons. The van der Waals surface area contributed by atoms with Crippen LogP contribution in [0.5, 0.6) is 0 Å². The average Bonchev–Trinajstić information content (AvgIpc) is 2.46. The molecular formula is C9H9ClN2. The van der Waals surface area contributed by atoms with Gasteiger partial charge in [0.25, 0.3) is 0 Å². The first kappa shape index (κ1) is 7.62. The number of aryl methyl sites for hydroxylation is 1. The summed E-state index contributed by atoms with van der Waals surface area (Å²) in [7, 11) is 0. The van der Waals surface area contributed by atoms with E-state index in [0.717, 1.165) is 17.4 Å². The van der Waals surface area contributed by atoms with Gasteiger partial charge in [0.1, 0.15) is 5.15 Å². The molecule has 0 aromatic carbocycles. The van der Waals surface area contributed by atoms with E-state index >= 15 is 0 Å². The summed E-state index contributed by atoms with van der Waals surface area (Å²) >= 11 is 5.75. The van der Waals surface area contributed by atoms with Crippen LogP contribution in [0.4, 0.5) is 0 Å². The molecule has 0 atom stereocenters. The number of hydrogen-bond donors (Lipinski definition) is 0. The highest BCUT2D eigenvalue weighted by Crippen LogP contribution is 2.17. The SMILES string of the molecule is CCn1ccc2cc(Cl)ncc21. The lowest BCUT2D eigenvalue weighted by Gasteiger charge is -1.98. The van der Waals surface area contributed by atoms with Crippen LogP contribution < -0.4 is 0 Å². The first-order chi connectivity index (χ1) is 5.81. The maximum atomic E-state index is 5.75. The molecule has 0 N–H and O–H groups in total. The van der Waals surface area contributed by atoms with Gasteiger partial charge in [0, 0.05) is 18.1 Å². The number of fused-ring (bicyclic) bond motifs is 1. The van der Waals surface area contributed by atoms with Gasteiger partial charge in [-0.2, -0.15) is 0 Å². The molecular weight excluding hydrogens is 172 g/mol. The Bertz CT molecular complexity index is 406. The molecule has 2 aromatic heterocycles. The van der Waals surface area contributed by atoms with Gasteiger partial charge in [0.2, 0.25) is 0 Å². The fraction of sp³-hybridized carbons (Fsp3) is 0.222. The molecule has 0 fully saturated rings. The van der Waals surface area contributed by atoms with Crippen LogP contribution in [0.15, 0.2) is 24.5 Å². The first-order valence-corrected chi connectivity index (χ1v) is 4.29. The monoisotopic (exact) mass is 180 g/mol. The Morgan fingerprint density at radius 3 is 3.17 bits per heavy atom. The molecule has 0 saturated carbocycles. The zero-order valence-electron chi connectivity index (χ0n) is 6.79. The number of halogens is 1. The minimum Gasteiger partial charge on any atom is -0.347 e. The standard InChI is InChI=1S/C9H9ClN2/c1-2-12-4-3-7-5-9(10)11-6-8(7)12/h3-6H,2H2,1H3. The number of pyridine rings is 1. The Balaban J connectivity index is 2.73. The summed E-state index contributed by atoms with van der Waals surface area (Å²) in [5.41, 5.74) is 1.14. The highest BCUT2D eigenvalue weighted by Gasteiger charge is 1.99. The zero-order chi connectivity index (χ0) is 8.55. The normalized spacial score (nSPS) is 10.8. The molecule has 12 heavy (non-hydrogen) atoms. The van der Waals surface area contributed by atoms with Crippen LogP contribution in [-0.2, 0) is 6.54 Å². The molecule has 2 aromatic rings. The highest BCUT2D eigenvalue weighted by molar-refractivity contribution is 6.30. The lowest BCUT2D eigenvalue weighted by molar-refractivity contribution is 0.796. The van der Waals surface area contributed by atoms with E-state index in [1.165, 1.54) is 0 Å². The van der Waals surface area contributed by atoms with Crippen molar-refractivity contribution in [2.45, 2.75) is 13.5 Å². The van der Waals surface area contributed by atoms with Gasteiger partial charge in [-0.3, -0.25) is 0 Å². The van der Waals surface area contributed by atoms with Gasteiger partial charge in [-0.25, -0.2) is 4.98 Å². The molecule has 0 aliphatic carbocycles. The second-order valence-electron chi connectivity index (χ2n) is 2.67. The van der Waals surface area contributed by atoms with Gasteiger partial charge >= 0.3 is 0 Å². The van der Waals surface area contributed by atoms with E-state index in [1.54, 1.807) is 6.20 Å². The van der Waals surface area contributed by atoms with Crippen LogP contribution >= 0.6 is 11.6 Å². The van der Waals surface area contributed by atoms with E-state index in [1.807, 2.05) is 18.3 Å². The van der Waals surface area contributed by atoms with E-state index in [9.17, 15) is 0 Å². The van der Waals surface area contributed by atoms with Crippen LogP contribution in [0, 0.1) is 0 Å². The fourth-order valence-electron chi connectivity index (χ4n) is 1.34. The predicted octanol–water partition coefficient (Wildman–Crippen LogP) is 2.71. The summed E-state index contributed by atoms with van der Waals surface area (Å²) < 4.78 is 2.14. The molecule has 0 aliphatic rings. The zero-order valence-corrected chi connectivity index (χ0v) is 7.54. The highest BCUT2D eigenvalue weighted by atomic mass is 35.5. The Morgan fingerprint density at radius 1 is 1.58 bits per heavy atom. The summed E-state index contributed by atoms with van der Waals surface area (Å²) in [4.78, 5) is 4.03. The number of rotatable bonds is 1. The van der Waals surface area contributed by atoms with Gasteiger partial charge < -0.3 is 4.57 Å². The Labute approximate surface area is 75.8 Å². The molecule has 62 valence electrons. The molecule has 0 bridgehead atoms. The molecule has 2 rings (SSSR count). The Hall–Kier alpha value is -1.02. The second-order valence-corrected chi connectivity index (χ2v) is 3.05. The lowest BCUT2D eigenvalue weighted by atomic mass is 10.3. The van der Waals surface area contributed by atoms with Crippen molar-refractivity contribution in [1.82, 2.24) is 9.55 Å². The minimum absolute atomic E-state index is 0.552. The summed E-state index contributed by atoms with van der Waals surface area (Å²) in [5.74, 6) is 0. The van der Waals surface area contributed by atoms with Gasteiger partial charge in [-0.1, -0.05) is 11.6 Å². The van der Waals surface area contributed by atoms with Crippen LogP contribution in [-0.4, -0.2) is 9.55 Å². The van der Waals surface area contributed by atoms with Crippen LogP contribution in [0.25, 0.3) is 10.9 Å². The minimum atomic E-state index is 0.552. The van der Waals surface area contributed by atoms with Crippen LogP contribution in [0.2, 0.25) is 5.15 Å². The average molecular weight is 181 g/mol. The molecule has 0 aliphatic heterocycles. The van der Waals surface area contributed by atoms with Crippen molar-refractivity contribution in [3.05, 3.63) is 29.7 Å². The molecule has 0 unspecified atom stereocenters. The molecule has 0 spiro atoms. The van der Waals surface area contributed by atoms with E-state index in [2.05, 4.69) is 16.5 Å². The third kappa shape index (κ3) is 1.08. The molecule has 2 heterocycles. The van der Waals surface area contributed by atoms with E-state index in [4.69, 9.17) is 11.6 Å². The molecule has 2 nitrogen and oxygen atoms in total. The summed E-state index contributed by atoms with van der Waals surface area (Å²) in [6.07, 6.45) is 3.85. The topological polar surface area (TPSA) is 17.8 Å². The van der Waals surface area contributed by atoms with Crippen LogP contribution in [0.3, 0.4) is 0 Å². The Kier molecular flexibility index (Phi) is 1.77. The van der Waals surface area contributed by atoms with Gasteiger partial charge in [-0.15, -0.1) is 0 Å². The van der Waals surface area contributed by atoms with Gasteiger partial charge in [0.15, 0.2) is 0 Å². The van der Waals surface area contributed by atoms with Gasteiger partial charge in [0.05, 0.1) is 11.7 Å². The second kappa shape index (κ2) is 2.79. The maximum absolute atomic E-state index is 5.75. The van der Waals surface area contributed by atoms with Crippen molar-refractivity contribution < 1.29 is 0 Å². The quantitative estimate of drug-likeness (QED) is 0.617. The van der Waals surface area contributed by atoms with Crippen molar-refractivity contribution in [2.24, 2.45) is 0 Å². The lowest BCUT2D eigenvalue weighted by Crippen LogP contribution is -1.90. The Morgan fingerprint density at radius 2 is 2.42 bits per heavy atom. The predicted molar refractivity (Wildman–Crippen MR) is 50.4 cm³/mol. The van der Waals surface area contributed by atoms with Crippen LogP contribution in [0.1, 0.15) is 6.92 Å². The van der Waals surface area contributed by atoms with E-state index in [-0.39, 0.29) is 0 Å². The van der Waals surface area contributed by atoms with Gasteiger partial charge in [-0.05, 0) is 19.1 Å². The van der Waals surface area contributed by atoms with E-state index < -0.39 is 0 Å². The van der Waals surface area contributed by atoms with E-state index in [0.29, 0.717) is 5.15 Å². The third-order valence-electron chi connectivity index (χ3n) is 1.96. The summed E-state index contributed by atoms with van der Waals surface area (Å²) in [6.45, 7) is 3.07. The van der Waals surface area contributed by atoms with Crippen molar-refractivity contribution in [3.63, 3.8) is 0 Å². The fourth-order valence-corrected chi connectivity index (χ4v) is 1.50. The van der Waals surface area contributed by atoms with Crippen molar-refractivity contribution in [2.75, 3.05) is 0 Å². The smallest absolute Gasteiger partial charge is 0.129 e. The molecule has 3 heteroatoms. The van der Waals surface area contributed by atoms with Crippen molar-refractivity contribution in [1.29, 1.82) is 0 Å². The van der Waals surface area contributed by atoms with Crippen molar-refractivity contribution in [3.8, 4) is 0 Å². The molecule has 0 amide bonds. The first-order valence-electron chi connectivity index (χ1n) is 3.91.